The number of nitrogens with zero attached hydrogens (tertiary/aromatic N) is 2. The Labute approximate surface area is 119 Å². The number of nitrogens with two attached hydrogens (primary N) is 1. The zero-order valence-corrected chi connectivity index (χ0v) is 12.1. The van der Waals surface area contributed by atoms with Crippen molar-refractivity contribution in [3.8, 4) is 11.1 Å². The Morgan fingerprint density at radius 3 is 2.50 bits per heavy atom. The van der Waals surface area contributed by atoms with E-state index >= 15 is 0 Å². The topological polar surface area (TPSA) is 53.1 Å². The van der Waals surface area contributed by atoms with Crippen LogP contribution in [0.25, 0.3) is 11.1 Å². The van der Waals surface area contributed by atoms with E-state index in [2.05, 4.69) is 36.3 Å². The average molecular weight is 271 g/mol. The van der Waals surface area contributed by atoms with Crippen LogP contribution in [-0.2, 0) is 11.8 Å². The van der Waals surface area contributed by atoms with Crippen LogP contribution in [0.15, 0.2) is 24.3 Å². The molecule has 0 saturated carbocycles. The zero-order chi connectivity index (χ0) is 14.1. The van der Waals surface area contributed by atoms with Crippen LogP contribution in [0.1, 0.15) is 30.0 Å². The van der Waals surface area contributed by atoms with Gasteiger partial charge in [0.2, 0.25) is 0 Å². The van der Waals surface area contributed by atoms with Gasteiger partial charge in [-0.1, -0.05) is 29.8 Å². The van der Waals surface area contributed by atoms with E-state index in [9.17, 15) is 0 Å². The summed E-state index contributed by atoms with van der Waals surface area (Å²) < 4.78 is 7.25. The van der Waals surface area contributed by atoms with E-state index < -0.39 is 0 Å². The molecule has 1 fully saturated rings. The molecule has 2 heterocycles. The third kappa shape index (κ3) is 2.31. The fraction of sp³-hybridized carbons (Fsp3) is 0.438. The van der Waals surface area contributed by atoms with Gasteiger partial charge in [0.1, 0.15) is 5.82 Å². The molecule has 0 unspecified atom stereocenters. The zero-order valence-electron chi connectivity index (χ0n) is 12.1. The SMILES string of the molecule is Cc1ccc(-c2c(C3CCOCC3)nn(C)c2N)cc1. The smallest absolute Gasteiger partial charge is 0.129 e. The number of rotatable bonds is 2. The van der Waals surface area contributed by atoms with Gasteiger partial charge in [-0.05, 0) is 25.3 Å². The highest BCUT2D eigenvalue weighted by Gasteiger charge is 2.25. The van der Waals surface area contributed by atoms with Gasteiger partial charge in [-0.2, -0.15) is 5.10 Å². The van der Waals surface area contributed by atoms with E-state index in [0.717, 1.165) is 48.7 Å². The van der Waals surface area contributed by atoms with Crippen molar-refractivity contribution in [2.24, 2.45) is 7.05 Å². The first kappa shape index (κ1) is 13.2. The van der Waals surface area contributed by atoms with Gasteiger partial charge in [-0.15, -0.1) is 0 Å². The number of hydrogen-bond acceptors (Lipinski definition) is 3. The lowest BCUT2D eigenvalue weighted by atomic mass is 9.91. The second kappa shape index (κ2) is 5.29. The molecule has 4 heteroatoms. The quantitative estimate of drug-likeness (QED) is 0.913. The number of nitrogen functional groups attached to an aromatic ring is 1. The number of ether oxygens (including phenoxy) is 1. The Bertz CT molecular complexity index is 595. The van der Waals surface area contributed by atoms with Gasteiger partial charge in [-0.3, -0.25) is 4.68 Å². The molecule has 2 aromatic rings. The van der Waals surface area contributed by atoms with Crippen molar-refractivity contribution in [2.75, 3.05) is 18.9 Å². The number of aromatic nitrogens is 2. The average Bonchev–Trinajstić information content (AvgIpc) is 2.77. The van der Waals surface area contributed by atoms with Gasteiger partial charge in [0.05, 0.1) is 5.69 Å². The van der Waals surface area contributed by atoms with Gasteiger partial charge in [-0.25, -0.2) is 0 Å². The van der Waals surface area contributed by atoms with Gasteiger partial charge < -0.3 is 10.5 Å². The van der Waals surface area contributed by atoms with Crippen LogP contribution in [-0.4, -0.2) is 23.0 Å². The summed E-state index contributed by atoms with van der Waals surface area (Å²) in [7, 11) is 1.91. The minimum absolute atomic E-state index is 0.448. The number of hydrogen-bond donors (Lipinski definition) is 1. The molecule has 4 nitrogen and oxygen atoms in total. The van der Waals surface area contributed by atoms with Crippen molar-refractivity contribution < 1.29 is 4.74 Å². The largest absolute Gasteiger partial charge is 0.383 e. The highest BCUT2D eigenvalue weighted by atomic mass is 16.5. The summed E-state index contributed by atoms with van der Waals surface area (Å²) in [6, 6.07) is 8.50. The van der Waals surface area contributed by atoms with Crippen LogP contribution in [0, 0.1) is 6.92 Å². The van der Waals surface area contributed by atoms with Crippen LogP contribution in [0.5, 0.6) is 0 Å². The lowest BCUT2D eigenvalue weighted by Crippen LogP contribution is -2.15. The van der Waals surface area contributed by atoms with E-state index in [1.807, 2.05) is 7.05 Å². The summed E-state index contributed by atoms with van der Waals surface area (Å²) in [4.78, 5) is 0. The van der Waals surface area contributed by atoms with Crippen molar-refractivity contribution in [3.05, 3.63) is 35.5 Å². The molecule has 0 aliphatic carbocycles. The molecule has 106 valence electrons. The molecule has 0 radical (unpaired) electrons. The second-order valence-electron chi connectivity index (χ2n) is 5.52. The predicted octanol–water partition coefficient (Wildman–Crippen LogP) is 2.87. The Balaban J connectivity index is 2.06. The van der Waals surface area contributed by atoms with Gasteiger partial charge in [0, 0.05) is 31.7 Å². The number of aryl methyl sites for hydroxylation is 2. The molecule has 1 aliphatic heterocycles. The summed E-state index contributed by atoms with van der Waals surface area (Å²) in [5.74, 6) is 1.19. The predicted molar refractivity (Wildman–Crippen MR) is 80.6 cm³/mol. The van der Waals surface area contributed by atoms with Crippen molar-refractivity contribution in [1.29, 1.82) is 0 Å². The van der Waals surface area contributed by atoms with Crippen molar-refractivity contribution >= 4 is 5.82 Å². The highest BCUT2D eigenvalue weighted by molar-refractivity contribution is 5.77. The third-order valence-corrected chi connectivity index (χ3v) is 4.07. The van der Waals surface area contributed by atoms with Crippen LogP contribution in [0.4, 0.5) is 5.82 Å². The summed E-state index contributed by atoms with van der Waals surface area (Å²) in [6.07, 6.45) is 2.05. The highest BCUT2D eigenvalue weighted by Crippen LogP contribution is 2.37. The number of benzene rings is 1. The fourth-order valence-electron chi connectivity index (χ4n) is 2.83. The molecule has 1 aromatic heterocycles. The molecular weight excluding hydrogens is 250 g/mol. The lowest BCUT2D eigenvalue weighted by molar-refractivity contribution is 0.0845. The summed E-state index contributed by atoms with van der Waals surface area (Å²) in [5, 5.41) is 4.67. The third-order valence-electron chi connectivity index (χ3n) is 4.07. The Hall–Kier alpha value is -1.81. The second-order valence-corrected chi connectivity index (χ2v) is 5.52. The summed E-state index contributed by atoms with van der Waals surface area (Å²) in [5.41, 5.74) is 10.9. The first-order chi connectivity index (χ1) is 9.66. The van der Waals surface area contributed by atoms with Crippen molar-refractivity contribution in [1.82, 2.24) is 9.78 Å². The van der Waals surface area contributed by atoms with Crippen LogP contribution >= 0.6 is 0 Å². The summed E-state index contributed by atoms with van der Waals surface area (Å²) >= 11 is 0. The Kier molecular flexibility index (Phi) is 3.49. The molecule has 20 heavy (non-hydrogen) atoms. The molecule has 0 spiro atoms. The monoisotopic (exact) mass is 271 g/mol. The lowest BCUT2D eigenvalue weighted by Gasteiger charge is -2.21. The minimum Gasteiger partial charge on any atom is -0.383 e. The van der Waals surface area contributed by atoms with Gasteiger partial charge in [0.15, 0.2) is 0 Å². The van der Waals surface area contributed by atoms with Crippen molar-refractivity contribution in [3.63, 3.8) is 0 Å². The van der Waals surface area contributed by atoms with E-state index in [1.54, 1.807) is 4.68 Å². The molecule has 2 N–H and O–H groups in total. The molecule has 0 bridgehead atoms. The van der Waals surface area contributed by atoms with Crippen LogP contribution in [0.3, 0.4) is 0 Å². The van der Waals surface area contributed by atoms with E-state index in [1.165, 1.54) is 5.56 Å². The maximum Gasteiger partial charge on any atom is 0.129 e. The molecule has 0 amide bonds. The summed E-state index contributed by atoms with van der Waals surface area (Å²) in [6.45, 7) is 3.72. The molecule has 0 atom stereocenters. The van der Waals surface area contributed by atoms with E-state index in [-0.39, 0.29) is 0 Å². The molecule has 3 rings (SSSR count). The molecular formula is C16H21N3O. The normalized spacial score (nSPS) is 16.5. The van der Waals surface area contributed by atoms with Crippen molar-refractivity contribution in [2.45, 2.75) is 25.7 Å². The Morgan fingerprint density at radius 2 is 1.85 bits per heavy atom. The van der Waals surface area contributed by atoms with E-state index in [0.29, 0.717) is 5.92 Å². The maximum absolute atomic E-state index is 6.25. The fourth-order valence-corrected chi connectivity index (χ4v) is 2.83. The number of anilines is 1. The van der Waals surface area contributed by atoms with Gasteiger partial charge >= 0.3 is 0 Å². The molecule has 1 aromatic carbocycles. The van der Waals surface area contributed by atoms with E-state index in [4.69, 9.17) is 10.5 Å². The Morgan fingerprint density at radius 1 is 1.20 bits per heavy atom. The maximum atomic E-state index is 6.25. The molecule has 1 saturated heterocycles. The standard InChI is InChI=1S/C16H21N3O/c1-11-3-5-12(6-4-11)14-15(18-19(2)16(14)17)13-7-9-20-10-8-13/h3-6,13H,7-10,17H2,1-2H3. The van der Waals surface area contributed by atoms with Crippen LogP contribution in [0.2, 0.25) is 0 Å². The first-order valence-electron chi connectivity index (χ1n) is 7.14. The van der Waals surface area contributed by atoms with Crippen LogP contribution < -0.4 is 5.73 Å². The first-order valence-corrected chi connectivity index (χ1v) is 7.14. The molecule has 1 aliphatic rings. The minimum atomic E-state index is 0.448. The van der Waals surface area contributed by atoms with Gasteiger partial charge in [0.25, 0.3) is 0 Å².